The third-order valence-electron chi connectivity index (χ3n) is 7.41. The van der Waals surface area contributed by atoms with Crippen LogP contribution in [-0.2, 0) is 9.53 Å². The van der Waals surface area contributed by atoms with Crippen LogP contribution in [0.1, 0.15) is 43.6 Å². The number of benzene rings is 1. The van der Waals surface area contributed by atoms with Crippen molar-refractivity contribution < 1.29 is 9.53 Å². The van der Waals surface area contributed by atoms with Crippen LogP contribution in [0.3, 0.4) is 0 Å². The molecule has 5 heteroatoms. The lowest BCUT2D eigenvalue weighted by Gasteiger charge is -2.43. The van der Waals surface area contributed by atoms with E-state index in [1.54, 1.807) is 0 Å². The van der Waals surface area contributed by atoms with E-state index < -0.39 is 0 Å². The fraction of sp³-hybridized carbons (Fsp3) is 0.708. The van der Waals surface area contributed by atoms with Crippen LogP contribution in [0, 0.1) is 11.3 Å². The topological polar surface area (TPSA) is 44.8 Å². The smallest absolute Gasteiger partial charge is 0.225 e. The fourth-order valence-corrected chi connectivity index (χ4v) is 5.23. The van der Waals surface area contributed by atoms with Gasteiger partial charge in [-0.1, -0.05) is 30.3 Å². The lowest BCUT2D eigenvalue weighted by Crippen LogP contribution is -2.51. The summed E-state index contributed by atoms with van der Waals surface area (Å²) in [6.45, 7) is 5.62. The van der Waals surface area contributed by atoms with Crippen molar-refractivity contribution >= 4 is 5.91 Å². The quantitative estimate of drug-likeness (QED) is 0.766. The molecule has 4 rings (SSSR count). The molecule has 160 valence electrons. The van der Waals surface area contributed by atoms with Gasteiger partial charge in [0, 0.05) is 50.0 Å². The van der Waals surface area contributed by atoms with E-state index in [4.69, 9.17) is 4.74 Å². The summed E-state index contributed by atoms with van der Waals surface area (Å²) in [6.07, 6.45) is 5.33. The van der Waals surface area contributed by atoms with Crippen LogP contribution in [0.5, 0.6) is 0 Å². The number of likely N-dealkylation sites (tertiary alicyclic amines) is 2. The van der Waals surface area contributed by atoms with Crippen LogP contribution in [-0.4, -0.2) is 75.2 Å². The van der Waals surface area contributed by atoms with Gasteiger partial charge in [-0.3, -0.25) is 4.79 Å². The van der Waals surface area contributed by atoms with Crippen molar-refractivity contribution in [2.75, 3.05) is 53.5 Å². The molecule has 1 saturated carbocycles. The van der Waals surface area contributed by atoms with Gasteiger partial charge in [-0.25, -0.2) is 0 Å². The molecule has 1 aromatic carbocycles. The maximum atomic E-state index is 13.0. The summed E-state index contributed by atoms with van der Waals surface area (Å²) in [5, 5.41) is 3.82. The molecule has 2 aliphatic heterocycles. The van der Waals surface area contributed by atoms with Crippen molar-refractivity contribution in [3.8, 4) is 0 Å². The Morgan fingerprint density at radius 3 is 2.48 bits per heavy atom. The van der Waals surface area contributed by atoms with Gasteiger partial charge in [0.05, 0.1) is 6.61 Å². The van der Waals surface area contributed by atoms with E-state index in [9.17, 15) is 4.79 Å². The summed E-state index contributed by atoms with van der Waals surface area (Å²) >= 11 is 0. The lowest BCUT2D eigenvalue weighted by molar-refractivity contribution is -0.140. The predicted octanol–water partition coefficient (Wildman–Crippen LogP) is 2.73. The first-order chi connectivity index (χ1) is 14.1. The van der Waals surface area contributed by atoms with Crippen molar-refractivity contribution in [2.45, 2.75) is 44.1 Å². The van der Waals surface area contributed by atoms with Crippen LogP contribution in [0.2, 0.25) is 0 Å². The SMILES string of the molecule is COCC1(CN[C@@H]2C[C@H]2c2ccccc2)CCN(C(=O)C2CCN(C)CC2)CC1. The highest BCUT2D eigenvalue weighted by atomic mass is 16.5. The standard InChI is InChI=1S/C24H37N3O2/c1-26-12-8-20(9-13-26)23(28)27-14-10-24(11-15-27,18-29-2)17-25-22-16-21(22)19-6-4-3-5-7-19/h3-7,20-22,25H,8-18H2,1-2H3/t21-,22+/m0/s1. The molecule has 0 aromatic heterocycles. The number of hydrogen-bond acceptors (Lipinski definition) is 4. The molecule has 0 bridgehead atoms. The van der Waals surface area contributed by atoms with E-state index in [1.807, 2.05) is 7.11 Å². The molecule has 1 amide bonds. The number of ether oxygens (including phenoxy) is 1. The van der Waals surface area contributed by atoms with Crippen LogP contribution in [0.25, 0.3) is 0 Å². The minimum Gasteiger partial charge on any atom is -0.384 e. The average molecular weight is 400 g/mol. The number of hydrogen-bond donors (Lipinski definition) is 1. The number of nitrogens with one attached hydrogen (secondary N) is 1. The summed E-state index contributed by atoms with van der Waals surface area (Å²) < 4.78 is 5.62. The average Bonchev–Trinajstić information content (AvgIpc) is 3.54. The second-order valence-electron chi connectivity index (χ2n) is 9.58. The molecule has 5 nitrogen and oxygen atoms in total. The first kappa shape index (κ1) is 20.8. The molecule has 1 N–H and O–H groups in total. The second kappa shape index (κ2) is 9.15. The van der Waals surface area contributed by atoms with Gasteiger partial charge < -0.3 is 19.9 Å². The number of methoxy groups -OCH3 is 1. The van der Waals surface area contributed by atoms with Crippen LogP contribution in [0.15, 0.2) is 30.3 Å². The second-order valence-corrected chi connectivity index (χ2v) is 9.58. The molecule has 29 heavy (non-hydrogen) atoms. The molecule has 2 atom stereocenters. The fourth-order valence-electron chi connectivity index (χ4n) is 5.23. The van der Waals surface area contributed by atoms with Gasteiger partial charge in [-0.05, 0) is 57.8 Å². The van der Waals surface area contributed by atoms with Crippen molar-refractivity contribution in [3.63, 3.8) is 0 Å². The van der Waals surface area contributed by atoms with Gasteiger partial charge in [-0.15, -0.1) is 0 Å². The Morgan fingerprint density at radius 2 is 1.83 bits per heavy atom. The first-order valence-electron chi connectivity index (χ1n) is 11.3. The minimum absolute atomic E-state index is 0.155. The van der Waals surface area contributed by atoms with Gasteiger partial charge in [-0.2, -0.15) is 0 Å². The summed E-state index contributed by atoms with van der Waals surface area (Å²) in [5.41, 5.74) is 1.60. The Balaban J connectivity index is 1.27. The number of carbonyl (C=O) groups excluding carboxylic acids is 1. The van der Waals surface area contributed by atoms with E-state index in [0.717, 1.165) is 65.0 Å². The van der Waals surface area contributed by atoms with Crippen LogP contribution in [0.4, 0.5) is 0 Å². The van der Waals surface area contributed by atoms with Gasteiger partial charge in [0.25, 0.3) is 0 Å². The molecule has 1 aliphatic carbocycles. The van der Waals surface area contributed by atoms with E-state index in [1.165, 1.54) is 12.0 Å². The molecule has 0 spiro atoms. The minimum atomic E-state index is 0.155. The molecule has 3 aliphatic rings. The van der Waals surface area contributed by atoms with E-state index in [2.05, 4.69) is 52.5 Å². The number of rotatable bonds is 7. The predicted molar refractivity (Wildman–Crippen MR) is 116 cm³/mol. The van der Waals surface area contributed by atoms with Crippen molar-refractivity contribution in [1.29, 1.82) is 0 Å². The maximum Gasteiger partial charge on any atom is 0.225 e. The third-order valence-corrected chi connectivity index (χ3v) is 7.41. The number of piperidine rings is 2. The highest BCUT2D eigenvalue weighted by molar-refractivity contribution is 5.79. The zero-order chi connectivity index (χ0) is 20.3. The Kier molecular flexibility index (Phi) is 6.57. The zero-order valence-corrected chi connectivity index (χ0v) is 18.1. The largest absolute Gasteiger partial charge is 0.384 e. The lowest BCUT2D eigenvalue weighted by atomic mass is 9.78. The van der Waals surface area contributed by atoms with E-state index in [0.29, 0.717) is 17.9 Å². The summed E-state index contributed by atoms with van der Waals surface area (Å²) in [5.74, 6) is 1.28. The zero-order valence-electron chi connectivity index (χ0n) is 18.1. The summed E-state index contributed by atoms with van der Waals surface area (Å²) in [7, 11) is 3.96. The van der Waals surface area contributed by atoms with Crippen molar-refractivity contribution in [2.24, 2.45) is 11.3 Å². The number of carbonyl (C=O) groups is 1. The van der Waals surface area contributed by atoms with Gasteiger partial charge in [0.1, 0.15) is 0 Å². The Morgan fingerprint density at radius 1 is 1.14 bits per heavy atom. The normalized spacial score (nSPS) is 27.7. The van der Waals surface area contributed by atoms with E-state index in [-0.39, 0.29) is 11.3 Å². The molecule has 0 radical (unpaired) electrons. The van der Waals surface area contributed by atoms with Crippen LogP contribution >= 0.6 is 0 Å². The molecular formula is C24H37N3O2. The molecule has 0 unspecified atom stereocenters. The van der Waals surface area contributed by atoms with Crippen LogP contribution < -0.4 is 5.32 Å². The van der Waals surface area contributed by atoms with Crippen molar-refractivity contribution in [3.05, 3.63) is 35.9 Å². The molecule has 2 heterocycles. The Hall–Kier alpha value is -1.43. The van der Waals surface area contributed by atoms with Gasteiger partial charge in [0.2, 0.25) is 5.91 Å². The first-order valence-corrected chi connectivity index (χ1v) is 11.3. The molecular weight excluding hydrogens is 362 g/mol. The maximum absolute atomic E-state index is 13.0. The van der Waals surface area contributed by atoms with Crippen molar-refractivity contribution in [1.82, 2.24) is 15.1 Å². The van der Waals surface area contributed by atoms with Gasteiger partial charge in [0.15, 0.2) is 0 Å². The van der Waals surface area contributed by atoms with Gasteiger partial charge >= 0.3 is 0 Å². The summed E-state index contributed by atoms with van der Waals surface area (Å²) in [4.78, 5) is 17.4. The number of nitrogens with zero attached hydrogens (tertiary/aromatic N) is 2. The molecule has 1 aromatic rings. The molecule has 2 saturated heterocycles. The highest BCUT2D eigenvalue weighted by Gasteiger charge is 2.42. The summed E-state index contributed by atoms with van der Waals surface area (Å²) in [6, 6.07) is 11.4. The van der Waals surface area contributed by atoms with E-state index >= 15 is 0 Å². The molecule has 3 fully saturated rings. The Bertz CT molecular complexity index is 664. The number of amides is 1. The highest BCUT2D eigenvalue weighted by Crippen LogP contribution is 2.42. The Labute approximate surface area is 175 Å². The monoisotopic (exact) mass is 399 g/mol. The third kappa shape index (κ3) is 5.01.